The molecule has 1 aromatic heterocycles. The fraction of sp³-hybridized carbons (Fsp3) is 0.588. The average Bonchev–Trinajstić information content (AvgIpc) is 2.46. The van der Waals surface area contributed by atoms with Gasteiger partial charge in [-0.3, -0.25) is 9.78 Å². The Balaban J connectivity index is 2.06. The molecule has 2 heterocycles. The van der Waals surface area contributed by atoms with Crippen LogP contribution in [0.1, 0.15) is 56.8 Å². The highest BCUT2D eigenvalue weighted by Crippen LogP contribution is 2.23. The molecule has 5 nitrogen and oxygen atoms in total. The number of piperidine rings is 1. The summed E-state index contributed by atoms with van der Waals surface area (Å²) in [6.45, 7) is 6.02. The first-order chi connectivity index (χ1) is 10.8. The van der Waals surface area contributed by atoms with Crippen molar-refractivity contribution in [2.75, 3.05) is 6.54 Å². The molecule has 0 aromatic carbocycles. The minimum absolute atomic E-state index is 0.157. The van der Waals surface area contributed by atoms with Gasteiger partial charge in [0.05, 0.1) is 6.20 Å². The number of nitrogens with zero attached hydrogens (tertiary/aromatic N) is 2. The quantitative estimate of drug-likeness (QED) is 0.798. The third-order valence-electron chi connectivity index (χ3n) is 3.70. The molecule has 2 rings (SSSR count). The molecule has 1 aliphatic heterocycles. The lowest BCUT2D eigenvalue weighted by atomic mass is 9.96. The number of likely N-dealkylation sites (tertiary alicyclic amines) is 1. The van der Waals surface area contributed by atoms with Crippen molar-refractivity contribution in [1.82, 2.24) is 9.88 Å². The van der Waals surface area contributed by atoms with E-state index in [1.54, 1.807) is 4.90 Å². The van der Waals surface area contributed by atoms with Crippen molar-refractivity contribution in [2.45, 2.75) is 58.1 Å². The van der Waals surface area contributed by atoms with Gasteiger partial charge in [-0.2, -0.15) is 0 Å². The van der Waals surface area contributed by atoms with E-state index in [1.807, 2.05) is 20.8 Å². The second-order valence-corrected chi connectivity index (χ2v) is 6.84. The summed E-state index contributed by atoms with van der Waals surface area (Å²) in [6, 6.07) is 0.963. The number of amides is 1. The lowest BCUT2D eigenvalue weighted by Gasteiger charge is -2.36. The highest BCUT2D eigenvalue weighted by molar-refractivity contribution is 5.96. The summed E-state index contributed by atoms with van der Waals surface area (Å²) >= 11 is 0. The van der Waals surface area contributed by atoms with E-state index in [0.29, 0.717) is 6.54 Å². The number of pyridine rings is 1. The Labute approximate surface area is 135 Å². The zero-order valence-electron chi connectivity index (χ0n) is 13.8. The number of ketones is 1. The summed E-state index contributed by atoms with van der Waals surface area (Å²) in [5, 5.41) is 0. The van der Waals surface area contributed by atoms with Gasteiger partial charge in [-0.1, -0.05) is 0 Å². The summed E-state index contributed by atoms with van der Waals surface area (Å²) < 4.78 is 18.6. The second kappa shape index (κ2) is 7.06. The van der Waals surface area contributed by atoms with Crippen LogP contribution in [0.4, 0.5) is 9.18 Å². The molecule has 126 valence electrons. The maximum absolute atomic E-state index is 13.2. The van der Waals surface area contributed by atoms with Gasteiger partial charge in [0, 0.05) is 30.8 Å². The molecule has 1 saturated heterocycles. The molecule has 23 heavy (non-hydrogen) atoms. The van der Waals surface area contributed by atoms with Crippen molar-refractivity contribution in [3.05, 3.63) is 29.8 Å². The maximum atomic E-state index is 13.2. The van der Waals surface area contributed by atoms with Gasteiger partial charge in [0.1, 0.15) is 11.4 Å². The lowest BCUT2D eigenvalue weighted by Crippen LogP contribution is -2.46. The molecule has 0 radical (unpaired) electrons. The highest BCUT2D eigenvalue weighted by atomic mass is 19.1. The lowest BCUT2D eigenvalue weighted by molar-refractivity contribution is 0.00946. The number of hydrogen-bond donors (Lipinski definition) is 0. The van der Waals surface area contributed by atoms with E-state index in [9.17, 15) is 14.0 Å². The van der Waals surface area contributed by atoms with Gasteiger partial charge in [0.2, 0.25) is 0 Å². The number of carbonyl (C=O) groups is 2. The van der Waals surface area contributed by atoms with Crippen molar-refractivity contribution >= 4 is 11.9 Å². The van der Waals surface area contributed by atoms with Gasteiger partial charge >= 0.3 is 6.09 Å². The van der Waals surface area contributed by atoms with Crippen molar-refractivity contribution < 1.29 is 18.7 Å². The molecule has 0 N–H and O–H groups in total. The van der Waals surface area contributed by atoms with Crippen LogP contribution in [0.2, 0.25) is 0 Å². The van der Waals surface area contributed by atoms with Crippen LogP contribution in [0, 0.1) is 5.82 Å². The van der Waals surface area contributed by atoms with Crippen LogP contribution in [-0.2, 0) is 4.74 Å². The Morgan fingerprint density at radius 3 is 2.74 bits per heavy atom. The van der Waals surface area contributed by atoms with Crippen LogP contribution in [-0.4, -0.2) is 39.9 Å². The Morgan fingerprint density at radius 1 is 1.35 bits per heavy atom. The van der Waals surface area contributed by atoms with Crippen molar-refractivity contribution in [3.63, 3.8) is 0 Å². The SMILES string of the molecule is CC(C)(C)OC(=O)N1CCCCC1CC(=O)c1cncc(F)c1. The van der Waals surface area contributed by atoms with Gasteiger partial charge in [-0.25, -0.2) is 9.18 Å². The fourth-order valence-corrected chi connectivity index (χ4v) is 2.67. The van der Waals surface area contributed by atoms with Crippen LogP contribution in [0.25, 0.3) is 0 Å². The molecule has 1 atom stereocenters. The Kier molecular flexibility index (Phi) is 5.34. The molecule has 1 fully saturated rings. The van der Waals surface area contributed by atoms with E-state index in [4.69, 9.17) is 4.74 Å². The van der Waals surface area contributed by atoms with Crippen LogP contribution < -0.4 is 0 Å². The van der Waals surface area contributed by atoms with E-state index in [0.717, 1.165) is 25.5 Å². The predicted octanol–water partition coefficient (Wildman–Crippen LogP) is 3.58. The third-order valence-corrected chi connectivity index (χ3v) is 3.70. The molecule has 1 unspecified atom stereocenters. The Hall–Kier alpha value is -1.98. The van der Waals surface area contributed by atoms with E-state index in [-0.39, 0.29) is 23.8 Å². The van der Waals surface area contributed by atoms with Crippen molar-refractivity contribution in [1.29, 1.82) is 0 Å². The number of hydrogen-bond acceptors (Lipinski definition) is 4. The zero-order valence-corrected chi connectivity index (χ0v) is 13.8. The largest absolute Gasteiger partial charge is 0.444 e. The number of aromatic nitrogens is 1. The predicted molar refractivity (Wildman–Crippen MR) is 83.7 cm³/mol. The van der Waals surface area contributed by atoms with Crippen LogP contribution >= 0.6 is 0 Å². The molecule has 1 aliphatic rings. The zero-order chi connectivity index (χ0) is 17.0. The van der Waals surface area contributed by atoms with Crippen LogP contribution in [0.5, 0.6) is 0 Å². The first kappa shape index (κ1) is 17.4. The first-order valence-corrected chi connectivity index (χ1v) is 7.89. The average molecular weight is 322 g/mol. The van der Waals surface area contributed by atoms with Gasteiger partial charge in [0.25, 0.3) is 0 Å². The van der Waals surface area contributed by atoms with Crippen LogP contribution in [0.3, 0.4) is 0 Å². The van der Waals surface area contributed by atoms with Gasteiger partial charge in [-0.15, -0.1) is 0 Å². The second-order valence-electron chi connectivity index (χ2n) is 6.84. The van der Waals surface area contributed by atoms with E-state index >= 15 is 0 Å². The molecule has 0 saturated carbocycles. The van der Waals surface area contributed by atoms with Gasteiger partial charge < -0.3 is 9.64 Å². The van der Waals surface area contributed by atoms with Gasteiger partial charge in [-0.05, 0) is 46.1 Å². The van der Waals surface area contributed by atoms with Crippen molar-refractivity contribution in [2.24, 2.45) is 0 Å². The summed E-state index contributed by atoms with van der Waals surface area (Å²) in [5.41, 5.74) is -0.338. The normalized spacial score (nSPS) is 18.6. The number of rotatable bonds is 3. The minimum atomic E-state index is -0.574. The summed E-state index contributed by atoms with van der Waals surface area (Å²) in [6.07, 6.45) is 4.77. The molecule has 6 heteroatoms. The summed E-state index contributed by atoms with van der Waals surface area (Å²) in [4.78, 5) is 30.0. The molecule has 1 amide bonds. The fourth-order valence-electron chi connectivity index (χ4n) is 2.67. The van der Waals surface area contributed by atoms with E-state index in [2.05, 4.69) is 4.98 Å². The third kappa shape index (κ3) is 5.01. The molecule has 0 spiro atoms. The monoisotopic (exact) mass is 322 g/mol. The number of halogens is 1. The van der Waals surface area contributed by atoms with Crippen molar-refractivity contribution in [3.8, 4) is 0 Å². The number of Topliss-reactive ketones (excluding diaryl/α,β-unsaturated/α-hetero) is 1. The molecule has 1 aromatic rings. The van der Waals surface area contributed by atoms with Gasteiger partial charge in [0.15, 0.2) is 5.78 Å². The molecular formula is C17H23FN2O3. The summed E-state index contributed by atoms with van der Waals surface area (Å²) in [5.74, 6) is -0.749. The van der Waals surface area contributed by atoms with E-state index in [1.165, 1.54) is 12.3 Å². The molecular weight excluding hydrogens is 299 g/mol. The number of ether oxygens (including phenoxy) is 1. The standard InChI is InChI=1S/C17H23FN2O3/c1-17(2,3)23-16(22)20-7-5-4-6-14(20)9-15(21)12-8-13(18)11-19-10-12/h8,10-11,14H,4-7,9H2,1-3H3. The smallest absolute Gasteiger partial charge is 0.410 e. The van der Waals surface area contributed by atoms with E-state index < -0.39 is 17.5 Å². The van der Waals surface area contributed by atoms with Crippen LogP contribution in [0.15, 0.2) is 18.5 Å². The molecule has 0 bridgehead atoms. The topological polar surface area (TPSA) is 59.5 Å². The minimum Gasteiger partial charge on any atom is -0.444 e. The molecule has 0 aliphatic carbocycles. The summed E-state index contributed by atoms with van der Waals surface area (Å²) in [7, 11) is 0. The highest BCUT2D eigenvalue weighted by Gasteiger charge is 2.32. The number of carbonyl (C=O) groups excluding carboxylic acids is 2. The Morgan fingerprint density at radius 2 is 2.09 bits per heavy atom. The Bertz CT molecular complexity index is 583. The maximum Gasteiger partial charge on any atom is 0.410 e. The first-order valence-electron chi connectivity index (χ1n) is 7.89.